The van der Waals surface area contributed by atoms with Crippen LogP contribution in [0.15, 0.2) is 48.5 Å². The van der Waals surface area contributed by atoms with Crippen molar-refractivity contribution in [3.8, 4) is 11.5 Å². The van der Waals surface area contributed by atoms with Gasteiger partial charge in [-0.15, -0.1) is 11.3 Å². The molecule has 0 saturated carbocycles. The van der Waals surface area contributed by atoms with Gasteiger partial charge in [-0.25, -0.2) is 4.79 Å². The summed E-state index contributed by atoms with van der Waals surface area (Å²) in [5.41, 5.74) is 3.29. The first-order valence-electron chi connectivity index (χ1n) is 10.4. The minimum Gasteiger partial charge on any atom is -0.497 e. The first kappa shape index (κ1) is 20.5. The number of amides is 1. The van der Waals surface area contributed by atoms with Crippen molar-refractivity contribution in [1.29, 1.82) is 0 Å². The molecule has 3 heterocycles. The largest absolute Gasteiger partial charge is 0.497 e. The number of esters is 1. The first-order chi connectivity index (χ1) is 15.5. The number of rotatable bonds is 4. The maximum absolute atomic E-state index is 12.9. The molecule has 2 N–H and O–H groups in total. The summed E-state index contributed by atoms with van der Waals surface area (Å²) in [6.45, 7) is 1.84. The Morgan fingerprint density at radius 1 is 1.06 bits per heavy atom. The Morgan fingerprint density at radius 3 is 2.50 bits per heavy atom. The number of carbonyl (C=O) groups excluding carboxylic acids is 2. The molecule has 8 heteroatoms. The number of hydrogen-bond acceptors (Lipinski definition) is 7. The van der Waals surface area contributed by atoms with Crippen LogP contribution in [-0.2, 0) is 13.0 Å². The van der Waals surface area contributed by atoms with E-state index in [9.17, 15) is 9.59 Å². The summed E-state index contributed by atoms with van der Waals surface area (Å²) in [4.78, 5) is 28.8. The van der Waals surface area contributed by atoms with E-state index in [0.29, 0.717) is 17.1 Å². The summed E-state index contributed by atoms with van der Waals surface area (Å²) in [6.07, 6.45) is 0.560. The Morgan fingerprint density at radius 2 is 1.78 bits per heavy atom. The van der Waals surface area contributed by atoms with Gasteiger partial charge in [-0.05, 0) is 61.0 Å². The molecule has 0 bridgehead atoms. The minimum absolute atomic E-state index is 0.0409. The van der Waals surface area contributed by atoms with E-state index in [4.69, 9.17) is 9.47 Å². The zero-order chi connectivity index (χ0) is 22.2. The second kappa shape index (κ2) is 8.29. The van der Waals surface area contributed by atoms with Crippen molar-refractivity contribution in [3.63, 3.8) is 0 Å². The van der Waals surface area contributed by atoms with E-state index in [1.165, 1.54) is 10.4 Å². The molecule has 32 heavy (non-hydrogen) atoms. The van der Waals surface area contributed by atoms with E-state index in [0.717, 1.165) is 35.6 Å². The van der Waals surface area contributed by atoms with Crippen LogP contribution in [0.1, 0.15) is 42.9 Å². The van der Waals surface area contributed by atoms with Gasteiger partial charge < -0.3 is 25.0 Å². The van der Waals surface area contributed by atoms with Crippen LogP contribution in [-0.4, -0.2) is 37.5 Å². The summed E-state index contributed by atoms with van der Waals surface area (Å²) in [5.74, 6) is 0.630. The zero-order valence-electron chi connectivity index (χ0n) is 17.8. The van der Waals surface area contributed by atoms with Crippen LogP contribution in [0.2, 0.25) is 0 Å². The molecule has 2 aromatic carbocycles. The van der Waals surface area contributed by atoms with Gasteiger partial charge in [-0.3, -0.25) is 4.79 Å². The van der Waals surface area contributed by atoms with Crippen LogP contribution in [0.4, 0.5) is 5.00 Å². The van der Waals surface area contributed by atoms with Crippen molar-refractivity contribution in [2.45, 2.75) is 19.1 Å². The number of nitrogens with zero attached hydrogens (tertiary/aromatic N) is 1. The second-order valence-electron chi connectivity index (χ2n) is 7.93. The maximum Gasteiger partial charge on any atom is 0.343 e. The van der Waals surface area contributed by atoms with Crippen LogP contribution >= 0.6 is 11.3 Å². The lowest BCUT2D eigenvalue weighted by Gasteiger charge is -2.27. The van der Waals surface area contributed by atoms with Crippen LogP contribution in [0.5, 0.6) is 11.5 Å². The van der Waals surface area contributed by atoms with Gasteiger partial charge in [0.2, 0.25) is 0 Å². The van der Waals surface area contributed by atoms with Gasteiger partial charge in [0, 0.05) is 18.0 Å². The summed E-state index contributed by atoms with van der Waals surface area (Å²) in [6, 6.07) is 13.9. The Hall–Kier alpha value is -3.36. The van der Waals surface area contributed by atoms with Gasteiger partial charge in [0.15, 0.2) is 0 Å². The Labute approximate surface area is 190 Å². The predicted molar refractivity (Wildman–Crippen MR) is 123 cm³/mol. The normalized spacial score (nSPS) is 17.6. The smallest absolute Gasteiger partial charge is 0.343 e. The van der Waals surface area contributed by atoms with Crippen LogP contribution in [0.3, 0.4) is 0 Å². The lowest BCUT2D eigenvalue weighted by atomic mass is 10.0. The lowest BCUT2D eigenvalue weighted by Crippen LogP contribution is -2.38. The van der Waals surface area contributed by atoms with Gasteiger partial charge in [0.1, 0.15) is 22.7 Å². The number of anilines is 1. The van der Waals surface area contributed by atoms with Gasteiger partial charge in [-0.1, -0.05) is 12.1 Å². The molecule has 0 aliphatic carbocycles. The molecule has 1 aromatic heterocycles. The molecule has 2 aliphatic rings. The van der Waals surface area contributed by atoms with E-state index < -0.39 is 5.97 Å². The van der Waals surface area contributed by atoms with E-state index in [-0.39, 0.29) is 12.1 Å². The van der Waals surface area contributed by atoms with E-state index in [1.54, 1.807) is 54.8 Å². The number of nitrogens with one attached hydrogen (secondary N) is 2. The SMILES string of the molecule is COc1ccc(C(=O)Oc2ccc([C@H]3NC(=O)c4c(sc5c4CCN(C)C5)N3)cc2)cc1. The van der Waals surface area contributed by atoms with Gasteiger partial charge in [0.25, 0.3) is 5.91 Å². The number of fused-ring (bicyclic) bond motifs is 3. The number of ether oxygens (including phenoxy) is 2. The lowest BCUT2D eigenvalue weighted by molar-refractivity contribution is 0.0734. The molecule has 0 spiro atoms. The summed E-state index contributed by atoms with van der Waals surface area (Å²) < 4.78 is 10.6. The number of hydrogen-bond donors (Lipinski definition) is 2. The second-order valence-corrected chi connectivity index (χ2v) is 9.04. The molecule has 5 rings (SSSR count). The Kier molecular flexibility index (Phi) is 5.32. The number of thiophene rings is 1. The monoisotopic (exact) mass is 449 g/mol. The highest BCUT2D eigenvalue weighted by atomic mass is 32.1. The molecule has 0 saturated heterocycles. The number of methoxy groups -OCH3 is 1. The summed E-state index contributed by atoms with van der Waals surface area (Å²) in [5, 5.41) is 7.44. The maximum atomic E-state index is 12.9. The average molecular weight is 450 g/mol. The molecule has 3 aromatic rings. The number of carbonyl (C=O) groups is 2. The van der Waals surface area contributed by atoms with Crippen molar-refractivity contribution < 1.29 is 19.1 Å². The van der Waals surface area contributed by atoms with Crippen molar-refractivity contribution in [3.05, 3.63) is 75.7 Å². The van der Waals surface area contributed by atoms with Gasteiger partial charge in [-0.2, -0.15) is 0 Å². The van der Waals surface area contributed by atoms with Gasteiger partial charge in [0.05, 0.1) is 18.2 Å². The molecular formula is C24H23N3O4S. The molecule has 164 valence electrons. The molecular weight excluding hydrogens is 426 g/mol. The molecule has 0 unspecified atom stereocenters. The molecule has 0 radical (unpaired) electrons. The number of likely N-dealkylation sites (N-methyl/N-ethyl adjacent to an activating group) is 1. The molecule has 1 amide bonds. The molecule has 2 aliphatic heterocycles. The predicted octanol–water partition coefficient (Wildman–Crippen LogP) is 3.82. The third-order valence-electron chi connectivity index (χ3n) is 5.78. The average Bonchev–Trinajstić information content (AvgIpc) is 3.17. The molecule has 0 fully saturated rings. The fourth-order valence-corrected chi connectivity index (χ4v) is 5.38. The fraction of sp³-hybridized carbons (Fsp3) is 0.250. The van der Waals surface area contributed by atoms with E-state index in [1.807, 2.05) is 12.1 Å². The van der Waals surface area contributed by atoms with Crippen molar-refractivity contribution in [1.82, 2.24) is 10.2 Å². The van der Waals surface area contributed by atoms with Gasteiger partial charge >= 0.3 is 5.97 Å². The fourth-order valence-electron chi connectivity index (χ4n) is 4.03. The highest BCUT2D eigenvalue weighted by molar-refractivity contribution is 7.16. The van der Waals surface area contributed by atoms with Crippen LogP contribution < -0.4 is 20.1 Å². The Balaban J connectivity index is 1.29. The van der Waals surface area contributed by atoms with E-state index >= 15 is 0 Å². The van der Waals surface area contributed by atoms with Crippen molar-refractivity contribution in [2.24, 2.45) is 0 Å². The van der Waals surface area contributed by atoms with Crippen molar-refractivity contribution in [2.75, 3.05) is 26.0 Å². The summed E-state index contributed by atoms with van der Waals surface area (Å²) in [7, 11) is 3.67. The van der Waals surface area contributed by atoms with Crippen molar-refractivity contribution >= 4 is 28.2 Å². The standard InChI is InChI=1S/C24H23N3O4S/c1-27-12-11-18-19(13-27)32-23-20(18)22(28)25-21(26-23)14-3-9-17(10-4-14)31-24(29)15-5-7-16(30-2)8-6-15/h3-10,21,26H,11-13H2,1-2H3,(H,25,28)/t21-/m0/s1. The Bertz CT molecular complexity index is 1170. The highest BCUT2D eigenvalue weighted by Gasteiger charge is 2.32. The third-order valence-corrected chi connectivity index (χ3v) is 6.92. The van der Waals surface area contributed by atoms with Crippen LogP contribution in [0, 0.1) is 0 Å². The topological polar surface area (TPSA) is 79.9 Å². The first-order valence-corrected chi connectivity index (χ1v) is 11.2. The minimum atomic E-state index is -0.441. The zero-order valence-corrected chi connectivity index (χ0v) is 18.6. The quantitative estimate of drug-likeness (QED) is 0.466. The van der Waals surface area contributed by atoms with E-state index in [2.05, 4.69) is 22.6 Å². The highest BCUT2D eigenvalue weighted by Crippen LogP contribution is 2.40. The summed E-state index contributed by atoms with van der Waals surface area (Å²) >= 11 is 1.66. The molecule has 7 nitrogen and oxygen atoms in total. The van der Waals surface area contributed by atoms with Crippen LogP contribution in [0.25, 0.3) is 0 Å². The molecule has 1 atom stereocenters. The number of benzene rings is 2. The third kappa shape index (κ3) is 3.83.